The summed E-state index contributed by atoms with van der Waals surface area (Å²) in [5, 5.41) is 0. The van der Waals surface area contributed by atoms with E-state index in [1.165, 1.54) is 5.56 Å². The quantitative estimate of drug-likeness (QED) is 0.634. The van der Waals surface area contributed by atoms with E-state index < -0.39 is 0 Å². The molecule has 0 aromatic heterocycles. The predicted molar refractivity (Wildman–Crippen MR) is 55.1 cm³/mol. The summed E-state index contributed by atoms with van der Waals surface area (Å²) >= 11 is 0. The van der Waals surface area contributed by atoms with E-state index in [9.17, 15) is 0 Å². The second kappa shape index (κ2) is 9.68. The van der Waals surface area contributed by atoms with E-state index in [0.717, 1.165) is 0 Å². The minimum Gasteiger partial charge on any atom is -0.498 e. The summed E-state index contributed by atoms with van der Waals surface area (Å²) in [6.07, 6.45) is 5.03. The fourth-order valence-electron chi connectivity index (χ4n) is 0.804. The third-order valence-corrected chi connectivity index (χ3v) is 1.33. The normalized spacial score (nSPS) is 9.31. The molecular formula is C12H18Co. The largest absolute Gasteiger partial charge is 2.00 e. The van der Waals surface area contributed by atoms with E-state index in [4.69, 9.17) is 0 Å². The molecule has 0 fully saturated rings. The van der Waals surface area contributed by atoms with Gasteiger partial charge in [0.2, 0.25) is 0 Å². The first kappa shape index (κ1) is 15.1. The van der Waals surface area contributed by atoms with E-state index in [-0.39, 0.29) is 16.8 Å². The fraction of sp³-hybridized carbons (Fsp3) is 0.417. The zero-order valence-corrected chi connectivity index (χ0v) is 9.84. The standard InChI is InChI=1S/C6H7.C6H11.Co/c1-6-4-2-3-5-6;1-4-5-6(2)3;/h2-5H,1H3;4,6H,1-3H3;/q2*-1;+2. The summed E-state index contributed by atoms with van der Waals surface area (Å²) in [6, 6.07) is 8.24. The molecule has 0 N–H and O–H groups in total. The molecular weight excluding hydrogens is 203 g/mol. The van der Waals surface area contributed by atoms with Gasteiger partial charge in [-0.2, -0.15) is 23.6 Å². The van der Waals surface area contributed by atoms with Crippen LogP contribution in [0.25, 0.3) is 0 Å². The van der Waals surface area contributed by atoms with E-state index in [1.807, 2.05) is 25.1 Å². The first-order valence-corrected chi connectivity index (χ1v) is 4.39. The molecule has 1 aromatic rings. The van der Waals surface area contributed by atoms with Gasteiger partial charge in [-0.3, -0.25) is 6.08 Å². The van der Waals surface area contributed by atoms with Crippen LogP contribution < -0.4 is 0 Å². The maximum absolute atomic E-state index is 3.08. The van der Waals surface area contributed by atoms with Crippen molar-refractivity contribution < 1.29 is 16.8 Å². The molecule has 0 unspecified atom stereocenters. The molecule has 0 aliphatic rings. The molecule has 1 heteroatoms. The molecule has 0 saturated carbocycles. The number of rotatable bonds is 1. The Morgan fingerprint density at radius 1 is 1.23 bits per heavy atom. The Morgan fingerprint density at radius 2 is 1.69 bits per heavy atom. The summed E-state index contributed by atoms with van der Waals surface area (Å²) in [5.41, 5.74) is 1.34. The van der Waals surface area contributed by atoms with Gasteiger partial charge in [0.05, 0.1) is 0 Å². The molecule has 13 heavy (non-hydrogen) atoms. The predicted octanol–water partition coefficient (Wildman–Crippen LogP) is 3.73. The average Bonchev–Trinajstić information content (AvgIpc) is 2.40. The number of allylic oxidation sites excluding steroid dienone is 2. The third-order valence-electron chi connectivity index (χ3n) is 1.33. The smallest absolute Gasteiger partial charge is 0.498 e. The van der Waals surface area contributed by atoms with Crippen molar-refractivity contribution in [1.82, 2.24) is 0 Å². The topological polar surface area (TPSA) is 0 Å². The number of hydrogen-bond donors (Lipinski definition) is 0. The summed E-state index contributed by atoms with van der Waals surface area (Å²) < 4.78 is 0. The number of hydrogen-bond acceptors (Lipinski definition) is 0. The van der Waals surface area contributed by atoms with Gasteiger partial charge in [0.1, 0.15) is 0 Å². The Bertz CT molecular complexity index is 195. The van der Waals surface area contributed by atoms with Crippen LogP contribution in [0.3, 0.4) is 0 Å². The summed E-state index contributed by atoms with van der Waals surface area (Å²) in [5.74, 6) is 0.593. The van der Waals surface area contributed by atoms with Gasteiger partial charge < -0.3 is 6.08 Å². The van der Waals surface area contributed by atoms with Crippen LogP contribution in [0.15, 0.2) is 30.3 Å². The van der Waals surface area contributed by atoms with Gasteiger partial charge in [-0.15, -0.1) is 0 Å². The molecule has 0 nitrogen and oxygen atoms in total. The first-order valence-electron chi connectivity index (χ1n) is 4.39. The molecule has 0 bridgehead atoms. The Labute approximate surface area is 92.6 Å². The van der Waals surface area contributed by atoms with Crippen molar-refractivity contribution in [2.75, 3.05) is 0 Å². The fourth-order valence-corrected chi connectivity index (χ4v) is 0.804. The Kier molecular flexibility index (Phi) is 11.2. The van der Waals surface area contributed by atoms with Crippen LogP contribution in [0.4, 0.5) is 0 Å². The zero-order valence-electron chi connectivity index (χ0n) is 8.80. The Morgan fingerprint density at radius 3 is 1.77 bits per heavy atom. The zero-order chi connectivity index (χ0) is 9.40. The van der Waals surface area contributed by atoms with Gasteiger partial charge in [0, 0.05) is 0 Å². The van der Waals surface area contributed by atoms with Crippen molar-refractivity contribution >= 4 is 0 Å². The van der Waals surface area contributed by atoms with Gasteiger partial charge in [0.15, 0.2) is 0 Å². The minimum absolute atomic E-state index is 0. The second-order valence-electron chi connectivity index (χ2n) is 3.07. The van der Waals surface area contributed by atoms with E-state index in [1.54, 1.807) is 0 Å². The summed E-state index contributed by atoms with van der Waals surface area (Å²) in [4.78, 5) is 0. The van der Waals surface area contributed by atoms with Gasteiger partial charge in [0.25, 0.3) is 0 Å². The molecule has 1 aromatic carbocycles. The van der Waals surface area contributed by atoms with Crippen LogP contribution in [-0.4, -0.2) is 0 Å². The van der Waals surface area contributed by atoms with Crippen LogP contribution >= 0.6 is 0 Å². The molecule has 0 amide bonds. The molecule has 1 rings (SSSR count). The van der Waals surface area contributed by atoms with E-state index >= 15 is 0 Å². The van der Waals surface area contributed by atoms with Crippen molar-refractivity contribution in [1.29, 1.82) is 0 Å². The van der Waals surface area contributed by atoms with Gasteiger partial charge >= 0.3 is 16.8 Å². The van der Waals surface area contributed by atoms with Gasteiger partial charge in [-0.25, -0.2) is 12.1 Å². The van der Waals surface area contributed by atoms with E-state index in [0.29, 0.717) is 5.92 Å². The molecule has 1 radical (unpaired) electrons. The van der Waals surface area contributed by atoms with Gasteiger partial charge in [-0.1, -0.05) is 27.7 Å². The third kappa shape index (κ3) is 11.6. The maximum atomic E-state index is 3.08. The number of aryl methyl sites for hydroxylation is 1. The van der Waals surface area contributed by atoms with Crippen LogP contribution in [0, 0.1) is 18.9 Å². The summed E-state index contributed by atoms with van der Waals surface area (Å²) in [6.45, 7) is 8.29. The van der Waals surface area contributed by atoms with E-state index in [2.05, 4.69) is 39.0 Å². The van der Waals surface area contributed by atoms with Crippen molar-refractivity contribution in [2.24, 2.45) is 5.92 Å². The van der Waals surface area contributed by atoms with Crippen LogP contribution in [-0.2, 0) is 16.8 Å². The molecule has 0 aliphatic carbocycles. The molecule has 0 aliphatic heterocycles. The molecule has 0 heterocycles. The summed E-state index contributed by atoms with van der Waals surface area (Å²) in [7, 11) is 0. The molecule has 0 atom stereocenters. The Hall–Kier alpha value is -0.404. The molecule has 75 valence electrons. The first-order chi connectivity index (χ1) is 5.66. The Balaban J connectivity index is 0. The second-order valence-corrected chi connectivity index (χ2v) is 3.07. The van der Waals surface area contributed by atoms with Crippen LogP contribution in [0.2, 0.25) is 0 Å². The molecule has 0 saturated heterocycles. The van der Waals surface area contributed by atoms with Gasteiger partial charge in [-0.05, 0) is 0 Å². The monoisotopic (exact) mass is 221 g/mol. The maximum Gasteiger partial charge on any atom is 2.00 e. The van der Waals surface area contributed by atoms with Crippen molar-refractivity contribution in [3.63, 3.8) is 0 Å². The van der Waals surface area contributed by atoms with Crippen molar-refractivity contribution in [3.05, 3.63) is 42.0 Å². The average molecular weight is 221 g/mol. The van der Waals surface area contributed by atoms with Crippen molar-refractivity contribution in [2.45, 2.75) is 27.7 Å². The molecule has 0 spiro atoms. The van der Waals surface area contributed by atoms with Crippen molar-refractivity contribution in [3.8, 4) is 0 Å². The SMILES string of the molecule is CC=[C-]C(C)C.C[c-]1cccc1.[Co+2]. The van der Waals surface area contributed by atoms with Crippen LogP contribution in [0.5, 0.6) is 0 Å². The van der Waals surface area contributed by atoms with Crippen LogP contribution in [0.1, 0.15) is 26.3 Å². The minimum atomic E-state index is 0.